The van der Waals surface area contributed by atoms with E-state index in [1.807, 2.05) is 60.7 Å². The first-order valence-electron chi connectivity index (χ1n) is 8.96. The number of hydrogen-bond acceptors (Lipinski definition) is 2. The first-order chi connectivity index (χ1) is 13.3. The summed E-state index contributed by atoms with van der Waals surface area (Å²) >= 11 is 0. The average Bonchev–Trinajstić information content (AvgIpc) is 3.12. The maximum Gasteiger partial charge on any atom is 0.135 e. The summed E-state index contributed by atoms with van der Waals surface area (Å²) in [7, 11) is 0. The van der Waals surface area contributed by atoms with E-state index in [1.165, 1.54) is 0 Å². The maximum absolute atomic E-state index is 8.74. The lowest BCUT2D eigenvalue weighted by molar-refractivity contribution is 0.669. The molecule has 2 heteroatoms. The molecule has 4 aromatic carbocycles. The number of benzene rings is 4. The molecule has 0 saturated carbocycles. The lowest BCUT2D eigenvalue weighted by atomic mass is 9.97. The molecule has 0 fully saturated rings. The molecule has 0 saturated heterocycles. The second kappa shape index (κ2) is 6.26. The van der Waals surface area contributed by atoms with Crippen molar-refractivity contribution < 1.29 is 4.42 Å². The van der Waals surface area contributed by atoms with Crippen LogP contribution in [0.3, 0.4) is 0 Å². The Labute approximate surface area is 157 Å². The Balaban J connectivity index is 1.59. The molecule has 5 rings (SSSR count). The summed E-state index contributed by atoms with van der Waals surface area (Å²) in [5, 5.41) is 10.9. The second-order valence-corrected chi connectivity index (χ2v) is 6.63. The molecule has 0 spiro atoms. The minimum Gasteiger partial charge on any atom is -0.456 e. The van der Waals surface area contributed by atoms with Gasteiger partial charge >= 0.3 is 0 Å². The van der Waals surface area contributed by atoms with E-state index in [1.54, 1.807) is 0 Å². The SMILES string of the molecule is N=C(c1cccc(-c2ccccc2)c1)c1ccc2oc3ccccc3c2c1. The van der Waals surface area contributed by atoms with Crippen LogP contribution in [0, 0.1) is 5.41 Å². The highest BCUT2D eigenvalue weighted by Gasteiger charge is 2.11. The zero-order valence-corrected chi connectivity index (χ0v) is 14.6. The zero-order chi connectivity index (χ0) is 18.2. The van der Waals surface area contributed by atoms with E-state index in [2.05, 4.69) is 36.4 Å². The third kappa shape index (κ3) is 2.72. The lowest BCUT2D eigenvalue weighted by Gasteiger charge is -2.08. The molecule has 1 N–H and O–H groups in total. The van der Waals surface area contributed by atoms with Crippen LogP contribution in [-0.4, -0.2) is 5.71 Å². The highest BCUT2D eigenvalue weighted by Crippen LogP contribution is 2.30. The molecule has 0 unspecified atom stereocenters. The van der Waals surface area contributed by atoms with E-state index in [9.17, 15) is 0 Å². The van der Waals surface area contributed by atoms with Crippen molar-refractivity contribution in [3.8, 4) is 11.1 Å². The van der Waals surface area contributed by atoms with E-state index in [0.29, 0.717) is 5.71 Å². The second-order valence-electron chi connectivity index (χ2n) is 6.63. The molecule has 0 aliphatic rings. The maximum atomic E-state index is 8.74. The van der Waals surface area contributed by atoms with Gasteiger partial charge in [0.1, 0.15) is 11.2 Å². The summed E-state index contributed by atoms with van der Waals surface area (Å²) in [4.78, 5) is 0. The molecule has 1 heterocycles. The van der Waals surface area contributed by atoms with E-state index in [4.69, 9.17) is 9.83 Å². The van der Waals surface area contributed by atoms with Crippen molar-refractivity contribution in [1.29, 1.82) is 5.41 Å². The molecule has 27 heavy (non-hydrogen) atoms. The lowest BCUT2D eigenvalue weighted by Crippen LogP contribution is -2.01. The molecule has 0 bridgehead atoms. The Morgan fingerprint density at radius 2 is 1.26 bits per heavy atom. The van der Waals surface area contributed by atoms with Gasteiger partial charge in [-0.2, -0.15) is 0 Å². The number of fused-ring (bicyclic) bond motifs is 3. The summed E-state index contributed by atoms with van der Waals surface area (Å²) in [6.45, 7) is 0. The summed E-state index contributed by atoms with van der Waals surface area (Å²) in [6, 6.07) is 32.4. The molecular formula is C25H17NO. The minimum absolute atomic E-state index is 0.514. The first kappa shape index (κ1) is 15.6. The summed E-state index contributed by atoms with van der Waals surface area (Å²) in [5.74, 6) is 0. The van der Waals surface area contributed by atoms with E-state index < -0.39 is 0 Å². The number of hydrogen-bond donors (Lipinski definition) is 1. The number of furan rings is 1. The molecule has 1 aromatic heterocycles. The molecule has 0 amide bonds. The standard InChI is InChI=1S/C25H17NO/c26-25(19-10-6-9-18(15-19)17-7-2-1-3-8-17)20-13-14-24-22(16-20)21-11-4-5-12-23(21)27-24/h1-16,26H. The van der Waals surface area contributed by atoms with Crippen LogP contribution >= 0.6 is 0 Å². The van der Waals surface area contributed by atoms with Crippen LogP contribution in [-0.2, 0) is 0 Å². The Morgan fingerprint density at radius 3 is 2.15 bits per heavy atom. The monoisotopic (exact) mass is 347 g/mol. The average molecular weight is 347 g/mol. The van der Waals surface area contributed by atoms with Crippen LogP contribution in [0.1, 0.15) is 11.1 Å². The van der Waals surface area contributed by atoms with Gasteiger partial charge < -0.3 is 4.42 Å². The Morgan fingerprint density at radius 1 is 0.556 bits per heavy atom. The normalized spacial score (nSPS) is 11.1. The molecule has 0 aliphatic heterocycles. The highest BCUT2D eigenvalue weighted by atomic mass is 16.3. The molecule has 0 atom stereocenters. The van der Waals surface area contributed by atoms with Gasteiger partial charge in [0.25, 0.3) is 0 Å². The van der Waals surface area contributed by atoms with Gasteiger partial charge in [0.15, 0.2) is 0 Å². The number of nitrogens with one attached hydrogen (secondary N) is 1. The Kier molecular flexibility index (Phi) is 3.61. The van der Waals surface area contributed by atoms with Gasteiger partial charge in [-0.1, -0.05) is 66.7 Å². The fraction of sp³-hybridized carbons (Fsp3) is 0. The number of rotatable bonds is 3. The third-order valence-electron chi connectivity index (χ3n) is 4.92. The van der Waals surface area contributed by atoms with Gasteiger partial charge in [-0.3, -0.25) is 5.41 Å². The number of para-hydroxylation sites is 1. The van der Waals surface area contributed by atoms with E-state index in [0.717, 1.165) is 44.2 Å². The van der Waals surface area contributed by atoms with Crippen LogP contribution in [0.4, 0.5) is 0 Å². The largest absolute Gasteiger partial charge is 0.456 e. The van der Waals surface area contributed by atoms with Gasteiger partial charge in [0.2, 0.25) is 0 Å². The van der Waals surface area contributed by atoms with Crippen molar-refractivity contribution in [2.45, 2.75) is 0 Å². The van der Waals surface area contributed by atoms with Gasteiger partial charge in [0.05, 0.1) is 5.71 Å². The fourth-order valence-corrected chi connectivity index (χ4v) is 3.53. The van der Waals surface area contributed by atoms with Gasteiger partial charge in [-0.15, -0.1) is 0 Å². The van der Waals surface area contributed by atoms with Gasteiger partial charge in [0, 0.05) is 21.9 Å². The molecule has 0 radical (unpaired) electrons. The highest BCUT2D eigenvalue weighted by molar-refractivity contribution is 6.15. The van der Waals surface area contributed by atoms with Crippen molar-refractivity contribution in [3.05, 3.63) is 108 Å². The topological polar surface area (TPSA) is 37.0 Å². The van der Waals surface area contributed by atoms with Crippen molar-refractivity contribution >= 4 is 27.7 Å². The Hall–Kier alpha value is -3.65. The van der Waals surface area contributed by atoms with Crippen LogP contribution in [0.5, 0.6) is 0 Å². The molecule has 128 valence electrons. The van der Waals surface area contributed by atoms with Crippen molar-refractivity contribution in [1.82, 2.24) is 0 Å². The van der Waals surface area contributed by atoms with Crippen LogP contribution in [0.15, 0.2) is 101 Å². The van der Waals surface area contributed by atoms with Crippen LogP contribution < -0.4 is 0 Å². The molecule has 2 nitrogen and oxygen atoms in total. The fourth-order valence-electron chi connectivity index (χ4n) is 3.53. The van der Waals surface area contributed by atoms with Gasteiger partial charge in [-0.25, -0.2) is 0 Å². The van der Waals surface area contributed by atoms with Crippen molar-refractivity contribution in [3.63, 3.8) is 0 Å². The summed E-state index contributed by atoms with van der Waals surface area (Å²) in [5.41, 5.74) is 6.31. The molecule has 5 aromatic rings. The smallest absolute Gasteiger partial charge is 0.135 e. The first-order valence-corrected chi connectivity index (χ1v) is 8.96. The third-order valence-corrected chi connectivity index (χ3v) is 4.92. The van der Waals surface area contributed by atoms with Gasteiger partial charge in [-0.05, 0) is 41.5 Å². The summed E-state index contributed by atoms with van der Waals surface area (Å²) in [6.07, 6.45) is 0. The van der Waals surface area contributed by atoms with E-state index in [-0.39, 0.29) is 0 Å². The van der Waals surface area contributed by atoms with Crippen LogP contribution in [0.2, 0.25) is 0 Å². The molecular weight excluding hydrogens is 330 g/mol. The molecule has 0 aliphatic carbocycles. The zero-order valence-electron chi connectivity index (χ0n) is 14.6. The van der Waals surface area contributed by atoms with Crippen LogP contribution in [0.25, 0.3) is 33.1 Å². The minimum atomic E-state index is 0.514. The Bertz CT molecular complexity index is 1280. The quantitative estimate of drug-likeness (QED) is 0.364. The summed E-state index contributed by atoms with van der Waals surface area (Å²) < 4.78 is 5.90. The predicted molar refractivity (Wildman–Crippen MR) is 112 cm³/mol. The van der Waals surface area contributed by atoms with Crippen molar-refractivity contribution in [2.75, 3.05) is 0 Å². The van der Waals surface area contributed by atoms with Crippen molar-refractivity contribution in [2.24, 2.45) is 0 Å². The van der Waals surface area contributed by atoms with E-state index >= 15 is 0 Å². The predicted octanol–water partition coefficient (Wildman–Crippen LogP) is 6.67.